The van der Waals surface area contributed by atoms with Crippen LogP contribution in [0.25, 0.3) is 0 Å². The molecule has 0 saturated carbocycles. The third-order valence-corrected chi connectivity index (χ3v) is 12.5. The van der Waals surface area contributed by atoms with Crippen LogP contribution in [-0.2, 0) is 23.4 Å². The third-order valence-electron chi connectivity index (χ3n) is 7.32. The van der Waals surface area contributed by atoms with Crippen molar-refractivity contribution in [3.8, 4) is 0 Å². The number of hydrogen-bond donors (Lipinski definition) is 0. The number of rotatable bonds is 10. The predicted octanol–water partition coefficient (Wildman–Crippen LogP) is 6.17. The van der Waals surface area contributed by atoms with E-state index in [2.05, 4.69) is 88.4 Å². The molecule has 0 N–H and O–H groups in total. The highest BCUT2D eigenvalue weighted by Crippen LogP contribution is 2.39. The van der Waals surface area contributed by atoms with Crippen LogP contribution < -0.4 is 10.4 Å². The van der Waals surface area contributed by atoms with Gasteiger partial charge in [-0.1, -0.05) is 112 Å². The van der Waals surface area contributed by atoms with Crippen molar-refractivity contribution >= 4 is 24.7 Å². The minimum Gasteiger partial charge on any atom is -0.466 e. The van der Waals surface area contributed by atoms with E-state index in [4.69, 9.17) is 18.6 Å². The maximum absolute atomic E-state index is 12.3. The molecule has 0 aromatic heterocycles. The number of carbonyl (C=O) groups is 1. The average molecular weight is 547 g/mol. The summed E-state index contributed by atoms with van der Waals surface area (Å²) in [5, 5.41) is 2.40. The van der Waals surface area contributed by atoms with Crippen LogP contribution in [0.1, 0.15) is 65.7 Å². The Morgan fingerprint density at radius 2 is 1.38 bits per heavy atom. The Kier molecular flexibility index (Phi) is 9.78. The Balaban J connectivity index is 1.61. The van der Waals surface area contributed by atoms with Crippen LogP contribution >= 0.6 is 0 Å². The lowest BCUT2D eigenvalue weighted by Gasteiger charge is -2.45. The van der Waals surface area contributed by atoms with Gasteiger partial charge >= 0.3 is 5.97 Å². The maximum atomic E-state index is 12.3. The summed E-state index contributed by atoms with van der Waals surface area (Å²) < 4.78 is 25.3. The molecule has 3 aromatic rings. The van der Waals surface area contributed by atoms with Gasteiger partial charge in [0.25, 0.3) is 8.32 Å². The first-order valence-electron chi connectivity index (χ1n) is 14.0. The zero-order valence-electron chi connectivity index (χ0n) is 23.8. The summed E-state index contributed by atoms with van der Waals surface area (Å²) in [7, 11) is -2.69. The lowest BCUT2D eigenvalue weighted by molar-refractivity contribution is -0.252. The number of hydrogen-bond acceptors (Lipinski definition) is 5. The van der Waals surface area contributed by atoms with Gasteiger partial charge in [-0.05, 0) is 35.7 Å². The van der Waals surface area contributed by atoms with E-state index in [1.54, 1.807) is 0 Å². The predicted molar refractivity (Wildman–Crippen MR) is 158 cm³/mol. The maximum Gasteiger partial charge on any atom is 0.308 e. The largest absolute Gasteiger partial charge is 0.466 e. The van der Waals surface area contributed by atoms with E-state index in [9.17, 15) is 4.79 Å². The molecule has 208 valence electrons. The van der Waals surface area contributed by atoms with Crippen molar-refractivity contribution < 1.29 is 23.4 Å². The molecule has 0 amide bonds. The number of ether oxygens (including phenoxy) is 3. The smallest absolute Gasteiger partial charge is 0.308 e. The molecule has 0 spiro atoms. The second-order valence-corrected chi connectivity index (χ2v) is 15.6. The van der Waals surface area contributed by atoms with Gasteiger partial charge in [-0.25, -0.2) is 0 Å². The molecule has 0 aliphatic carbocycles. The number of esters is 1. The summed E-state index contributed by atoms with van der Waals surface area (Å²) >= 11 is 0. The molecule has 0 radical (unpaired) electrons. The average Bonchev–Trinajstić information content (AvgIpc) is 2.92. The van der Waals surface area contributed by atoms with Crippen molar-refractivity contribution in [1.82, 2.24) is 0 Å². The zero-order valence-corrected chi connectivity index (χ0v) is 24.8. The fraction of sp³-hybridized carbons (Fsp3) is 0.424. The molecule has 39 heavy (non-hydrogen) atoms. The fourth-order valence-corrected chi connectivity index (χ4v) is 10.4. The van der Waals surface area contributed by atoms with Crippen molar-refractivity contribution in [2.45, 2.75) is 83.5 Å². The van der Waals surface area contributed by atoms with Gasteiger partial charge in [0, 0.05) is 18.1 Å². The molecule has 1 aliphatic rings. The monoisotopic (exact) mass is 546 g/mol. The highest BCUT2D eigenvalue weighted by atomic mass is 28.4. The molecule has 1 fully saturated rings. The van der Waals surface area contributed by atoms with Crippen LogP contribution in [0.15, 0.2) is 91.0 Å². The van der Waals surface area contributed by atoms with Gasteiger partial charge in [0.15, 0.2) is 6.29 Å². The van der Waals surface area contributed by atoms with E-state index in [1.165, 1.54) is 10.4 Å². The fourth-order valence-electron chi connectivity index (χ4n) is 5.65. The molecular formula is C33H42O5Si. The molecule has 4 atom stereocenters. The van der Waals surface area contributed by atoms with Gasteiger partial charge in [-0.2, -0.15) is 0 Å². The normalized spacial score (nSPS) is 20.8. The van der Waals surface area contributed by atoms with Crippen LogP contribution in [0.2, 0.25) is 5.04 Å². The summed E-state index contributed by atoms with van der Waals surface area (Å²) in [5.41, 5.74) is 0.941. The third kappa shape index (κ3) is 7.06. The van der Waals surface area contributed by atoms with Gasteiger partial charge in [0.1, 0.15) is 0 Å². The van der Waals surface area contributed by atoms with E-state index in [-0.39, 0.29) is 35.7 Å². The standard InChI is InChI=1S/C33H42O5Si/c1-6-35-31(34)24-28-23-27(36-32(37-28)26-16-10-7-11-17-26)22-25(2)38-39(33(3,4)5,29-18-12-8-13-19-29)30-20-14-9-15-21-30/h7-21,25,27-28,32H,6,22-24H2,1-5H3/t25-,27-,28-,32-/m0/s1. The Hall–Kier alpha value is -2.77. The molecule has 5 nitrogen and oxygen atoms in total. The lowest BCUT2D eigenvalue weighted by atomic mass is 10.0. The summed E-state index contributed by atoms with van der Waals surface area (Å²) in [6.45, 7) is 11.2. The molecule has 1 heterocycles. The Morgan fingerprint density at radius 3 is 1.90 bits per heavy atom. The van der Waals surface area contributed by atoms with Gasteiger partial charge in [0.2, 0.25) is 0 Å². The lowest BCUT2D eigenvalue weighted by Crippen LogP contribution is -2.67. The van der Waals surface area contributed by atoms with Crippen molar-refractivity contribution in [2.24, 2.45) is 0 Å². The summed E-state index contributed by atoms with van der Waals surface area (Å²) in [6, 6.07) is 31.3. The van der Waals surface area contributed by atoms with Gasteiger partial charge in [-0.15, -0.1) is 0 Å². The van der Waals surface area contributed by atoms with Crippen molar-refractivity contribution in [1.29, 1.82) is 0 Å². The first-order valence-corrected chi connectivity index (χ1v) is 15.9. The first kappa shape index (κ1) is 29.2. The Morgan fingerprint density at radius 1 is 0.872 bits per heavy atom. The van der Waals surface area contributed by atoms with Gasteiger partial charge in [-0.3, -0.25) is 4.79 Å². The SMILES string of the molecule is CCOC(=O)C[C@@H]1C[C@H](C[C@H](C)O[Si](c2ccccc2)(c2ccccc2)C(C)(C)C)O[C@H](c2ccccc2)O1. The van der Waals surface area contributed by atoms with E-state index in [1.807, 2.05) is 37.3 Å². The van der Waals surface area contributed by atoms with Gasteiger partial charge in [0.05, 0.1) is 25.2 Å². The minimum atomic E-state index is -2.69. The van der Waals surface area contributed by atoms with E-state index in [0.29, 0.717) is 19.4 Å². The summed E-state index contributed by atoms with van der Waals surface area (Å²) in [4.78, 5) is 12.3. The zero-order chi connectivity index (χ0) is 27.9. The molecule has 3 aromatic carbocycles. The quantitative estimate of drug-likeness (QED) is 0.225. The van der Waals surface area contributed by atoms with E-state index >= 15 is 0 Å². The van der Waals surface area contributed by atoms with Crippen molar-refractivity contribution in [3.63, 3.8) is 0 Å². The van der Waals surface area contributed by atoms with E-state index in [0.717, 1.165) is 5.56 Å². The molecule has 4 rings (SSSR count). The van der Waals surface area contributed by atoms with Crippen LogP contribution in [0.4, 0.5) is 0 Å². The van der Waals surface area contributed by atoms with Crippen molar-refractivity contribution in [3.05, 3.63) is 96.6 Å². The molecule has 6 heteroatoms. The molecule has 1 aliphatic heterocycles. The topological polar surface area (TPSA) is 54.0 Å². The number of benzene rings is 3. The van der Waals surface area contributed by atoms with Crippen molar-refractivity contribution in [2.75, 3.05) is 6.61 Å². The number of carbonyl (C=O) groups excluding carboxylic acids is 1. The second-order valence-electron chi connectivity index (χ2n) is 11.3. The summed E-state index contributed by atoms with van der Waals surface area (Å²) in [6.07, 6.45) is 0.474. The van der Waals surface area contributed by atoms with Crippen LogP contribution in [-0.4, -0.2) is 39.2 Å². The summed E-state index contributed by atoms with van der Waals surface area (Å²) in [5.74, 6) is -0.244. The second kappa shape index (κ2) is 13.1. The van der Waals surface area contributed by atoms with Crippen LogP contribution in [0, 0.1) is 0 Å². The first-order chi connectivity index (χ1) is 18.7. The minimum absolute atomic E-state index is 0.0842. The van der Waals surface area contributed by atoms with Crippen LogP contribution in [0.5, 0.6) is 0 Å². The van der Waals surface area contributed by atoms with Crippen LogP contribution in [0.3, 0.4) is 0 Å². The highest BCUT2D eigenvalue weighted by molar-refractivity contribution is 6.99. The Labute approximate surface area is 234 Å². The van der Waals surface area contributed by atoms with E-state index < -0.39 is 14.6 Å². The highest BCUT2D eigenvalue weighted by Gasteiger charge is 2.51. The molecule has 0 unspecified atom stereocenters. The van der Waals surface area contributed by atoms with Gasteiger partial charge < -0.3 is 18.6 Å². The Bertz CT molecular complexity index is 1120. The molecule has 1 saturated heterocycles. The molecular weight excluding hydrogens is 504 g/mol. The molecule has 0 bridgehead atoms.